The van der Waals surface area contributed by atoms with Crippen LogP contribution in [-0.4, -0.2) is 10.7 Å². The summed E-state index contributed by atoms with van der Waals surface area (Å²) in [6.45, 7) is 0. The van der Waals surface area contributed by atoms with Gasteiger partial charge < -0.3 is 5.11 Å². The maximum atomic E-state index is 8.70. The zero-order chi connectivity index (χ0) is 9.56. The van der Waals surface area contributed by atoms with Gasteiger partial charge in [-0.15, -0.1) is 0 Å². The molecule has 0 aromatic heterocycles. The summed E-state index contributed by atoms with van der Waals surface area (Å²) in [5, 5.41) is 9.16. The van der Waals surface area contributed by atoms with Gasteiger partial charge in [0.25, 0.3) is 0 Å². The molecular formula is C7H10Cl4O. The molecule has 0 radical (unpaired) electrons. The Morgan fingerprint density at radius 2 is 1.75 bits per heavy atom. The van der Waals surface area contributed by atoms with E-state index in [2.05, 4.69) is 0 Å². The van der Waals surface area contributed by atoms with E-state index in [9.17, 15) is 0 Å². The summed E-state index contributed by atoms with van der Waals surface area (Å²) < 4.78 is 0.114. The molecule has 5 heteroatoms. The van der Waals surface area contributed by atoms with E-state index in [1.807, 2.05) is 0 Å². The van der Waals surface area contributed by atoms with Crippen molar-refractivity contribution in [3.8, 4) is 0 Å². The van der Waals surface area contributed by atoms with Crippen LogP contribution in [0.3, 0.4) is 0 Å². The topological polar surface area (TPSA) is 20.2 Å². The van der Waals surface area contributed by atoms with Crippen LogP contribution in [0.5, 0.6) is 0 Å². The molecule has 0 aliphatic carbocycles. The van der Waals surface area contributed by atoms with Crippen LogP contribution in [0, 0.1) is 0 Å². The monoisotopic (exact) mass is 250 g/mol. The molecule has 0 amide bonds. The zero-order valence-electron chi connectivity index (χ0n) is 6.36. The number of rotatable bonds is 5. The van der Waals surface area contributed by atoms with E-state index in [1.54, 1.807) is 0 Å². The summed E-state index contributed by atoms with van der Waals surface area (Å²) >= 11 is 21.8. The highest BCUT2D eigenvalue weighted by molar-refractivity contribution is 6.59. The van der Waals surface area contributed by atoms with Gasteiger partial charge >= 0.3 is 0 Å². The molecule has 0 spiro atoms. The molecule has 0 aromatic carbocycles. The predicted octanol–water partition coefficient (Wildman–Crippen LogP) is 3.99. The lowest BCUT2D eigenvalue weighted by atomic mass is 10.2. The van der Waals surface area contributed by atoms with Crippen LogP contribution in [0.4, 0.5) is 0 Å². The van der Waals surface area contributed by atoms with Crippen molar-refractivity contribution >= 4 is 46.4 Å². The fourth-order valence-corrected chi connectivity index (χ4v) is 1.16. The number of aliphatic hydroxyl groups is 1. The SMILES string of the molecule is OC(Cl)CCCCC(Cl)=C(Cl)Cl. The summed E-state index contributed by atoms with van der Waals surface area (Å²) in [6, 6.07) is 0. The minimum atomic E-state index is -0.765. The van der Waals surface area contributed by atoms with Crippen LogP contribution in [0.25, 0.3) is 0 Å². The normalized spacial score (nSPS) is 12.8. The largest absolute Gasteiger partial charge is 0.378 e. The number of hydrogen-bond donors (Lipinski definition) is 1. The van der Waals surface area contributed by atoms with Crippen LogP contribution >= 0.6 is 46.4 Å². The maximum absolute atomic E-state index is 8.70. The fraction of sp³-hybridized carbons (Fsp3) is 0.714. The van der Waals surface area contributed by atoms with Crippen molar-refractivity contribution in [3.63, 3.8) is 0 Å². The summed E-state index contributed by atoms with van der Waals surface area (Å²) in [5.74, 6) is 0. The Kier molecular flexibility index (Phi) is 7.80. The van der Waals surface area contributed by atoms with Crippen LogP contribution in [-0.2, 0) is 0 Å². The molecular weight excluding hydrogens is 242 g/mol. The molecule has 0 aliphatic rings. The highest BCUT2D eigenvalue weighted by atomic mass is 35.5. The van der Waals surface area contributed by atoms with Crippen molar-refractivity contribution in [1.29, 1.82) is 0 Å². The Balaban J connectivity index is 3.39. The Labute approximate surface area is 92.2 Å². The molecule has 1 unspecified atom stereocenters. The van der Waals surface area contributed by atoms with Crippen LogP contribution in [0.2, 0.25) is 0 Å². The molecule has 1 nitrogen and oxygen atoms in total. The third-order valence-corrected chi connectivity index (χ3v) is 2.54. The van der Waals surface area contributed by atoms with E-state index < -0.39 is 5.56 Å². The van der Waals surface area contributed by atoms with Crippen LogP contribution in [0.15, 0.2) is 9.52 Å². The Hall–Kier alpha value is 0.860. The van der Waals surface area contributed by atoms with Gasteiger partial charge in [0.1, 0.15) is 10.1 Å². The first-order valence-electron chi connectivity index (χ1n) is 3.56. The molecule has 0 aliphatic heterocycles. The summed E-state index contributed by atoms with van der Waals surface area (Å²) in [7, 11) is 0. The lowest BCUT2D eigenvalue weighted by molar-refractivity contribution is 0.241. The van der Waals surface area contributed by atoms with Gasteiger partial charge in [0.05, 0.1) is 0 Å². The molecule has 0 fully saturated rings. The zero-order valence-corrected chi connectivity index (χ0v) is 9.39. The highest BCUT2D eigenvalue weighted by Crippen LogP contribution is 2.23. The molecule has 0 heterocycles. The minimum Gasteiger partial charge on any atom is -0.378 e. The van der Waals surface area contributed by atoms with Gasteiger partial charge in [0, 0.05) is 5.03 Å². The number of hydrogen-bond acceptors (Lipinski definition) is 1. The lowest BCUT2D eigenvalue weighted by Gasteiger charge is -2.01. The van der Waals surface area contributed by atoms with E-state index >= 15 is 0 Å². The van der Waals surface area contributed by atoms with Gasteiger partial charge in [0.2, 0.25) is 0 Å². The van der Waals surface area contributed by atoms with Gasteiger partial charge in [0.15, 0.2) is 0 Å². The molecule has 0 saturated heterocycles. The summed E-state index contributed by atoms with van der Waals surface area (Å²) in [6.07, 6.45) is 2.83. The lowest BCUT2D eigenvalue weighted by Crippen LogP contribution is -1.94. The Bertz CT molecular complexity index is 151. The molecule has 1 atom stereocenters. The van der Waals surface area contributed by atoms with E-state index in [0.29, 0.717) is 17.9 Å². The van der Waals surface area contributed by atoms with Gasteiger partial charge in [-0.05, 0) is 25.7 Å². The van der Waals surface area contributed by atoms with E-state index in [1.165, 1.54) is 0 Å². The smallest absolute Gasteiger partial charge is 0.128 e. The van der Waals surface area contributed by atoms with Crippen molar-refractivity contribution in [2.75, 3.05) is 0 Å². The van der Waals surface area contributed by atoms with E-state index in [-0.39, 0.29) is 4.49 Å². The second kappa shape index (κ2) is 7.28. The first kappa shape index (κ1) is 12.9. The standard InChI is InChI=1S/C7H10Cl4O/c8-5(7(10)11)3-1-2-4-6(9)12/h6,12H,1-4H2. The molecule has 0 saturated carbocycles. The average molecular weight is 252 g/mol. The number of alkyl halides is 1. The van der Waals surface area contributed by atoms with Crippen molar-refractivity contribution in [3.05, 3.63) is 9.52 Å². The number of halogens is 4. The van der Waals surface area contributed by atoms with Crippen molar-refractivity contribution in [1.82, 2.24) is 0 Å². The van der Waals surface area contributed by atoms with Crippen LogP contribution < -0.4 is 0 Å². The van der Waals surface area contributed by atoms with Gasteiger partial charge in [-0.2, -0.15) is 0 Å². The maximum Gasteiger partial charge on any atom is 0.128 e. The van der Waals surface area contributed by atoms with Gasteiger partial charge in [-0.3, -0.25) is 0 Å². The number of unbranched alkanes of at least 4 members (excludes halogenated alkanes) is 1. The first-order chi connectivity index (χ1) is 5.54. The third-order valence-electron chi connectivity index (χ3n) is 1.29. The van der Waals surface area contributed by atoms with Crippen LogP contribution in [0.1, 0.15) is 25.7 Å². The van der Waals surface area contributed by atoms with Gasteiger partial charge in [-0.1, -0.05) is 46.4 Å². The Morgan fingerprint density at radius 1 is 1.17 bits per heavy atom. The molecule has 0 bridgehead atoms. The van der Waals surface area contributed by atoms with E-state index in [0.717, 1.165) is 12.8 Å². The van der Waals surface area contributed by atoms with Gasteiger partial charge in [-0.25, -0.2) is 0 Å². The summed E-state index contributed by atoms with van der Waals surface area (Å²) in [4.78, 5) is 0. The third kappa shape index (κ3) is 7.51. The summed E-state index contributed by atoms with van der Waals surface area (Å²) in [5.41, 5.74) is -0.765. The second-order valence-electron chi connectivity index (χ2n) is 2.35. The molecule has 12 heavy (non-hydrogen) atoms. The number of allylic oxidation sites excluding steroid dienone is 1. The second-order valence-corrected chi connectivity index (χ2v) is 4.25. The molecule has 72 valence electrons. The molecule has 0 rings (SSSR count). The van der Waals surface area contributed by atoms with E-state index in [4.69, 9.17) is 51.5 Å². The van der Waals surface area contributed by atoms with Crippen molar-refractivity contribution < 1.29 is 5.11 Å². The Morgan fingerprint density at radius 3 is 2.17 bits per heavy atom. The average Bonchev–Trinajstić information content (AvgIpc) is 1.97. The molecule has 0 aromatic rings. The first-order valence-corrected chi connectivity index (χ1v) is 5.13. The minimum absolute atomic E-state index is 0.114. The fourth-order valence-electron chi connectivity index (χ4n) is 0.687. The predicted molar refractivity (Wildman–Crippen MR) is 54.9 cm³/mol. The molecule has 1 N–H and O–H groups in total. The van der Waals surface area contributed by atoms with Crippen molar-refractivity contribution in [2.45, 2.75) is 31.2 Å². The highest BCUT2D eigenvalue weighted by Gasteiger charge is 2.01. The quantitative estimate of drug-likeness (QED) is 0.579. The number of aliphatic hydroxyl groups excluding tert-OH is 1. The van der Waals surface area contributed by atoms with Crippen molar-refractivity contribution in [2.24, 2.45) is 0 Å².